The second-order valence-electron chi connectivity index (χ2n) is 15.7. The van der Waals surface area contributed by atoms with E-state index in [1.54, 1.807) is 81.5 Å². The van der Waals surface area contributed by atoms with E-state index in [1.165, 1.54) is 6.26 Å². The Morgan fingerprint density at radius 2 is 1.54 bits per heavy atom. The normalized spacial score (nSPS) is 18.6. The van der Waals surface area contributed by atoms with Crippen LogP contribution in [0.3, 0.4) is 0 Å². The van der Waals surface area contributed by atoms with Gasteiger partial charge in [0.25, 0.3) is 5.91 Å². The number of hydrogen-bond donors (Lipinski definition) is 4. The van der Waals surface area contributed by atoms with Gasteiger partial charge in [0.15, 0.2) is 0 Å². The fourth-order valence-electron chi connectivity index (χ4n) is 7.09. The molecule has 6 rings (SSSR count). The standard InChI is InChI=1S/C48H52N2O11/c1-47(2,3)60-42(53)21-20-39(31-52)50-45(55)34-14-11-13-33(27-34)30-49-44(54)36-28-40(58-46(56)35-15-10-12-32(26-35)22-24-57-25-23-51)43-41(29-36)59-48(61-43,37-16-6-4-7-17-37)38-18-8-5-9-19-38/h4-19,22,24,26-27,29,39-41,43,51-52H,20-21,23,25,28,30-31H2,1-3H3,(H,49,54)(H,50,55). The van der Waals surface area contributed by atoms with Crippen LogP contribution >= 0.6 is 0 Å². The summed E-state index contributed by atoms with van der Waals surface area (Å²) < 4.78 is 30.4. The molecule has 13 nitrogen and oxygen atoms in total. The van der Waals surface area contributed by atoms with E-state index < -0.39 is 59.5 Å². The molecule has 4 aromatic rings. The molecule has 4 unspecified atom stereocenters. The van der Waals surface area contributed by atoms with Crippen molar-refractivity contribution in [1.29, 1.82) is 0 Å². The lowest BCUT2D eigenvalue weighted by molar-refractivity contribution is -0.157. The minimum Gasteiger partial charge on any atom is -0.499 e. The minimum atomic E-state index is -1.38. The van der Waals surface area contributed by atoms with Gasteiger partial charge in [0, 0.05) is 41.6 Å². The van der Waals surface area contributed by atoms with Crippen LogP contribution < -0.4 is 10.6 Å². The molecular formula is C48H52N2O11. The van der Waals surface area contributed by atoms with E-state index in [9.17, 15) is 24.3 Å². The van der Waals surface area contributed by atoms with Crippen LogP contribution in [0, 0.1) is 0 Å². The van der Waals surface area contributed by atoms with Crippen molar-refractivity contribution in [2.24, 2.45) is 0 Å². The number of carbonyl (C=O) groups excluding carboxylic acids is 4. The molecule has 2 aliphatic rings. The zero-order valence-corrected chi connectivity index (χ0v) is 34.5. The summed E-state index contributed by atoms with van der Waals surface area (Å²) in [6.07, 6.45) is 2.52. The van der Waals surface area contributed by atoms with Crippen LogP contribution in [0.5, 0.6) is 0 Å². The molecule has 0 saturated carbocycles. The van der Waals surface area contributed by atoms with Crippen molar-refractivity contribution < 1.29 is 53.1 Å². The van der Waals surface area contributed by atoms with Gasteiger partial charge in [-0.25, -0.2) is 4.79 Å². The predicted molar refractivity (Wildman–Crippen MR) is 226 cm³/mol. The summed E-state index contributed by atoms with van der Waals surface area (Å²) in [5, 5.41) is 24.6. The molecule has 0 aromatic heterocycles. The smallest absolute Gasteiger partial charge is 0.338 e. The summed E-state index contributed by atoms with van der Waals surface area (Å²) in [5.41, 5.74) is 3.01. The van der Waals surface area contributed by atoms with Gasteiger partial charge in [-0.3, -0.25) is 14.4 Å². The van der Waals surface area contributed by atoms with Gasteiger partial charge in [-0.05, 0) is 74.7 Å². The van der Waals surface area contributed by atoms with Crippen molar-refractivity contribution in [2.75, 3.05) is 19.8 Å². The molecular weight excluding hydrogens is 781 g/mol. The maximum Gasteiger partial charge on any atom is 0.338 e. The van der Waals surface area contributed by atoms with Crippen LogP contribution in [0.4, 0.5) is 0 Å². The molecule has 1 aliphatic carbocycles. The number of benzene rings is 4. The SMILES string of the molecule is CC(C)(C)OC(=O)CCC(CO)NC(=O)c1cccc(CNC(=O)C2=CC3OC(c4ccccc4)(c4ccccc4)OC3C(OC(=O)c3cccc(C=COCCO)c3)C2)c1. The number of aliphatic hydroxyl groups excluding tert-OH is 2. The molecule has 1 heterocycles. The molecule has 4 N–H and O–H groups in total. The Bertz CT molecular complexity index is 2160. The first-order valence-corrected chi connectivity index (χ1v) is 20.3. The van der Waals surface area contributed by atoms with Gasteiger partial charge in [-0.2, -0.15) is 0 Å². The Morgan fingerprint density at radius 3 is 2.21 bits per heavy atom. The number of ether oxygens (including phenoxy) is 5. The van der Waals surface area contributed by atoms with Crippen LogP contribution in [-0.2, 0) is 45.6 Å². The Labute approximate surface area is 355 Å². The maximum absolute atomic E-state index is 14.0. The average Bonchev–Trinajstić information content (AvgIpc) is 3.67. The van der Waals surface area contributed by atoms with Crippen molar-refractivity contribution in [3.63, 3.8) is 0 Å². The van der Waals surface area contributed by atoms with Crippen LogP contribution in [0.15, 0.2) is 127 Å². The summed E-state index contributed by atoms with van der Waals surface area (Å²) in [5.74, 6) is -3.30. The Kier molecular flexibility index (Phi) is 14.9. The summed E-state index contributed by atoms with van der Waals surface area (Å²) in [6.45, 7) is 5.01. The molecule has 0 radical (unpaired) electrons. The highest BCUT2D eigenvalue weighted by Gasteiger charge is 2.55. The summed E-state index contributed by atoms with van der Waals surface area (Å²) in [7, 11) is 0. The highest BCUT2D eigenvalue weighted by Crippen LogP contribution is 2.47. The second-order valence-corrected chi connectivity index (χ2v) is 15.7. The highest BCUT2D eigenvalue weighted by molar-refractivity contribution is 5.95. The third kappa shape index (κ3) is 11.8. The van der Waals surface area contributed by atoms with Crippen molar-refractivity contribution in [2.45, 2.75) is 82.3 Å². The Hall–Kier alpha value is -6.12. The fraction of sp³-hybridized carbons (Fsp3) is 0.333. The number of rotatable bonds is 17. The van der Waals surface area contributed by atoms with Crippen LogP contribution in [0.2, 0.25) is 0 Å². The van der Waals surface area contributed by atoms with Gasteiger partial charge < -0.3 is 44.5 Å². The lowest BCUT2D eigenvalue weighted by atomic mass is 9.91. The van der Waals surface area contributed by atoms with Crippen molar-refractivity contribution in [3.8, 4) is 0 Å². The summed E-state index contributed by atoms with van der Waals surface area (Å²) in [4.78, 5) is 53.2. The number of nitrogens with one attached hydrogen (secondary N) is 2. The molecule has 1 saturated heterocycles. The summed E-state index contributed by atoms with van der Waals surface area (Å²) in [6, 6.07) is 31.7. The lowest BCUT2D eigenvalue weighted by Crippen LogP contribution is -2.43. The molecule has 1 aliphatic heterocycles. The van der Waals surface area contributed by atoms with E-state index in [4.69, 9.17) is 28.8 Å². The number of esters is 2. The third-order valence-electron chi connectivity index (χ3n) is 9.94. The van der Waals surface area contributed by atoms with E-state index in [1.807, 2.05) is 60.7 Å². The fourth-order valence-corrected chi connectivity index (χ4v) is 7.09. The molecule has 2 amide bonds. The largest absolute Gasteiger partial charge is 0.499 e. The van der Waals surface area contributed by atoms with E-state index in [0.29, 0.717) is 22.3 Å². The minimum absolute atomic E-state index is 0.0185. The number of carbonyl (C=O) groups is 4. The van der Waals surface area contributed by atoms with Crippen molar-refractivity contribution in [3.05, 3.63) is 160 Å². The molecule has 0 spiro atoms. The van der Waals surface area contributed by atoms with E-state index in [0.717, 1.165) is 11.1 Å². The first-order chi connectivity index (χ1) is 29.4. The van der Waals surface area contributed by atoms with Crippen molar-refractivity contribution >= 4 is 29.8 Å². The highest BCUT2D eigenvalue weighted by atomic mass is 16.8. The van der Waals surface area contributed by atoms with E-state index >= 15 is 0 Å². The van der Waals surface area contributed by atoms with Gasteiger partial charge in [0.1, 0.15) is 30.5 Å². The quantitative estimate of drug-likeness (QED) is 0.0580. The van der Waals surface area contributed by atoms with Crippen molar-refractivity contribution in [1.82, 2.24) is 10.6 Å². The van der Waals surface area contributed by atoms with Crippen LogP contribution in [0.1, 0.15) is 83.0 Å². The van der Waals surface area contributed by atoms with Gasteiger partial charge >= 0.3 is 11.9 Å². The number of amides is 2. The maximum atomic E-state index is 14.0. The first-order valence-electron chi connectivity index (χ1n) is 20.3. The van der Waals surface area contributed by atoms with E-state index in [-0.39, 0.29) is 51.2 Å². The molecule has 0 bridgehead atoms. The monoisotopic (exact) mass is 832 g/mol. The lowest BCUT2D eigenvalue weighted by Gasteiger charge is -2.31. The molecule has 320 valence electrons. The third-order valence-corrected chi connectivity index (χ3v) is 9.94. The van der Waals surface area contributed by atoms with E-state index in [2.05, 4.69) is 10.6 Å². The Morgan fingerprint density at radius 1 is 0.852 bits per heavy atom. The Balaban J connectivity index is 1.19. The molecule has 61 heavy (non-hydrogen) atoms. The second kappa shape index (κ2) is 20.4. The zero-order valence-electron chi connectivity index (χ0n) is 34.5. The predicted octanol–water partition coefficient (Wildman–Crippen LogP) is 5.74. The average molecular weight is 833 g/mol. The van der Waals surface area contributed by atoms with Gasteiger partial charge in [0.2, 0.25) is 11.7 Å². The molecule has 1 fully saturated rings. The number of hydrogen-bond acceptors (Lipinski definition) is 11. The number of aliphatic hydroxyl groups is 2. The van der Waals surface area contributed by atoms with Gasteiger partial charge in [0.05, 0.1) is 31.1 Å². The molecule has 13 heteroatoms. The molecule has 4 aromatic carbocycles. The van der Waals surface area contributed by atoms with Crippen LogP contribution in [0.25, 0.3) is 6.08 Å². The first kappa shape index (κ1) is 44.4. The topological polar surface area (TPSA) is 179 Å². The molecule has 4 atom stereocenters. The van der Waals surface area contributed by atoms with Crippen LogP contribution in [-0.4, -0.2) is 83.7 Å². The zero-order chi connectivity index (χ0) is 43.4. The summed E-state index contributed by atoms with van der Waals surface area (Å²) >= 11 is 0. The van der Waals surface area contributed by atoms with Gasteiger partial charge in [-0.1, -0.05) is 84.9 Å². The number of fused-ring (bicyclic) bond motifs is 1. The van der Waals surface area contributed by atoms with Gasteiger partial charge in [-0.15, -0.1) is 0 Å².